The van der Waals surface area contributed by atoms with Crippen LogP contribution in [-0.4, -0.2) is 18.1 Å². The predicted molar refractivity (Wildman–Crippen MR) is 90.6 cm³/mol. The quantitative estimate of drug-likeness (QED) is 0.845. The molecule has 1 N–H and O–H groups in total. The Morgan fingerprint density at radius 3 is 3.05 bits per heavy atom. The fraction of sp³-hybridized carbons (Fsp3) is 0.471. The average molecular weight is 301 g/mol. The van der Waals surface area contributed by atoms with Crippen LogP contribution in [0.5, 0.6) is 0 Å². The van der Waals surface area contributed by atoms with Gasteiger partial charge < -0.3 is 10.2 Å². The summed E-state index contributed by atoms with van der Waals surface area (Å²) in [7, 11) is 0. The molecule has 0 amide bonds. The summed E-state index contributed by atoms with van der Waals surface area (Å²) in [6, 6.07) is 8.72. The van der Waals surface area contributed by atoms with Gasteiger partial charge in [0.05, 0.1) is 5.69 Å². The number of nitrogens with one attached hydrogen (secondary N) is 1. The van der Waals surface area contributed by atoms with E-state index in [4.69, 9.17) is 4.98 Å². The van der Waals surface area contributed by atoms with Crippen LogP contribution in [0.2, 0.25) is 0 Å². The van der Waals surface area contributed by atoms with Gasteiger partial charge in [-0.05, 0) is 44.4 Å². The van der Waals surface area contributed by atoms with E-state index < -0.39 is 0 Å². The number of rotatable bonds is 5. The second kappa shape index (κ2) is 6.58. The summed E-state index contributed by atoms with van der Waals surface area (Å²) < 4.78 is 0. The summed E-state index contributed by atoms with van der Waals surface area (Å²) in [6.45, 7) is 7.40. The van der Waals surface area contributed by atoms with E-state index in [1.54, 1.807) is 0 Å². The number of anilines is 2. The lowest BCUT2D eigenvalue weighted by Crippen LogP contribution is -2.24. The van der Waals surface area contributed by atoms with E-state index >= 15 is 0 Å². The van der Waals surface area contributed by atoms with E-state index in [0.29, 0.717) is 0 Å². The molecule has 1 aromatic heterocycles. The maximum Gasteiger partial charge on any atom is 0.190 e. The Bertz CT molecular complexity index is 606. The smallest absolute Gasteiger partial charge is 0.190 e. The minimum Gasteiger partial charge on any atom is -0.318 e. The highest BCUT2D eigenvalue weighted by atomic mass is 32.1. The third kappa shape index (κ3) is 3.11. The molecule has 0 atom stereocenters. The molecule has 0 fully saturated rings. The van der Waals surface area contributed by atoms with Crippen LogP contribution in [-0.2, 0) is 13.0 Å². The summed E-state index contributed by atoms with van der Waals surface area (Å²) in [5.41, 5.74) is 3.95. The molecule has 1 aromatic carbocycles. The lowest BCUT2D eigenvalue weighted by atomic mass is 10.0. The monoisotopic (exact) mass is 301 g/mol. The number of hydrogen-bond donors (Lipinski definition) is 1. The largest absolute Gasteiger partial charge is 0.318 e. The molecular formula is C17H23N3S. The van der Waals surface area contributed by atoms with Crippen LogP contribution in [0.25, 0.3) is 0 Å². The van der Waals surface area contributed by atoms with E-state index in [1.165, 1.54) is 41.1 Å². The highest BCUT2D eigenvalue weighted by molar-refractivity contribution is 7.15. The van der Waals surface area contributed by atoms with Gasteiger partial charge in [-0.2, -0.15) is 0 Å². The fourth-order valence-electron chi connectivity index (χ4n) is 2.80. The zero-order chi connectivity index (χ0) is 14.7. The number of thiazole rings is 1. The second-order valence-electron chi connectivity index (χ2n) is 5.57. The summed E-state index contributed by atoms with van der Waals surface area (Å²) in [5, 5.41) is 4.63. The van der Waals surface area contributed by atoms with Crippen molar-refractivity contribution < 1.29 is 0 Å². The minimum atomic E-state index is 0.937. The molecule has 2 aromatic rings. The van der Waals surface area contributed by atoms with Crippen LogP contribution < -0.4 is 10.2 Å². The number of para-hydroxylation sites is 1. The summed E-state index contributed by atoms with van der Waals surface area (Å²) >= 11 is 1.83. The Balaban J connectivity index is 1.83. The zero-order valence-corrected chi connectivity index (χ0v) is 13.7. The van der Waals surface area contributed by atoms with Crippen molar-refractivity contribution in [3.63, 3.8) is 0 Å². The molecular weight excluding hydrogens is 278 g/mol. The first-order valence-corrected chi connectivity index (χ1v) is 8.63. The Morgan fingerprint density at radius 1 is 1.33 bits per heavy atom. The summed E-state index contributed by atoms with van der Waals surface area (Å²) in [6.07, 6.45) is 3.56. The maximum atomic E-state index is 4.82. The fourth-order valence-corrected chi connectivity index (χ4v) is 3.87. The van der Waals surface area contributed by atoms with Crippen molar-refractivity contribution in [2.75, 3.05) is 18.0 Å². The summed E-state index contributed by atoms with van der Waals surface area (Å²) in [4.78, 5) is 8.57. The van der Waals surface area contributed by atoms with Crippen molar-refractivity contribution in [2.24, 2.45) is 0 Å². The van der Waals surface area contributed by atoms with Crippen molar-refractivity contribution in [1.82, 2.24) is 10.3 Å². The number of nitrogens with zero attached hydrogens (tertiary/aromatic N) is 2. The van der Waals surface area contributed by atoms with E-state index in [1.807, 2.05) is 11.3 Å². The number of aromatic nitrogens is 1. The SMILES string of the molecule is CCCNCc1sc(N2CCCc3ccccc32)nc1C. The van der Waals surface area contributed by atoms with E-state index in [9.17, 15) is 0 Å². The van der Waals surface area contributed by atoms with Gasteiger partial charge in [-0.25, -0.2) is 4.98 Å². The first-order valence-electron chi connectivity index (χ1n) is 7.82. The Hall–Kier alpha value is -1.39. The zero-order valence-electron chi connectivity index (χ0n) is 12.9. The molecule has 0 saturated heterocycles. The third-order valence-corrected chi connectivity index (χ3v) is 5.12. The van der Waals surface area contributed by atoms with Gasteiger partial charge in [0.25, 0.3) is 0 Å². The van der Waals surface area contributed by atoms with Crippen molar-refractivity contribution in [3.8, 4) is 0 Å². The molecule has 0 aliphatic carbocycles. The topological polar surface area (TPSA) is 28.2 Å². The lowest BCUT2D eigenvalue weighted by molar-refractivity contribution is 0.678. The molecule has 0 spiro atoms. The van der Waals surface area contributed by atoms with Crippen molar-refractivity contribution in [1.29, 1.82) is 0 Å². The molecule has 0 radical (unpaired) electrons. The van der Waals surface area contributed by atoms with Gasteiger partial charge in [-0.1, -0.05) is 36.5 Å². The normalized spacial score (nSPS) is 14.3. The Kier molecular flexibility index (Phi) is 4.56. The van der Waals surface area contributed by atoms with Crippen LogP contribution in [0.15, 0.2) is 24.3 Å². The molecule has 2 heterocycles. The molecule has 0 unspecified atom stereocenters. The third-order valence-electron chi connectivity index (χ3n) is 3.93. The molecule has 4 heteroatoms. The van der Waals surface area contributed by atoms with E-state index in [2.05, 4.69) is 48.3 Å². The van der Waals surface area contributed by atoms with Crippen LogP contribution >= 0.6 is 11.3 Å². The van der Waals surface area contributed by atoms with Crippen LogP contribution in [0.4, 0.5) is 10.8 Å². The van der Waals surface area contributed by atoms with Gasteiger partial charge in [0.15, 0.2) is 5.13 Å². The van der Waals surface area contributed by atoms with Gasteiger partial charge in [0.1, 0.15) is 0 Å². The minimum absolute atomic E-state index is 0.937. The number of aryl methyl sites for hydroxylation is 2. The van der Waals surface area contributed by atoms with Gasteiger partial charge in [-0.3, -0.25) is 0 Å². The first kappa shape index (κ1) is 14.5. The molecule has 0 saturated carbocycles. The van der Waals surface area contributed by atoms with Gasteiger partial charge in [-0.15, -0.1) is 0 Å². The number of fused-ring (bicyclic) bond motifs is 1. The van der Waals surface area contributed by atoms with Crippen molar-refractivity contribution in [3.05, 3.63) is 40.4 Å². The molecule has 3 rings (SSSR count). The van der Waals surface area contributed by atoms with Crippen molar-refractivity contribution >= 4 is 22.2 Å². The lowest BCUT2D eigenvalue weighted by Gasteiger charge is -2.28. The first-order chi connectivity index (χ1) is 10.3. The van der Waals surface area contributed by atoms with E-state index in [-0.39, 0.29) is 0 Å². The van der Waals surface area contributed by atoms with Crippen LogP contribution in [0, 0.1) is 6.92 Å². The Morgan fingerprint density at radius 2 is 2.19 bits per heavy atom. The maximum absolute atomic E-state index is 4.82. The molecule has 3 nitrogen and oxygen atoms in total. The molecule has 21 heavy (non-hydrogen) atoms. The average Bonchev–Trinajstić information content (AvgIpc) is 2.88. The van der Waals surface area contributed by atoms with E-state index in [0.717, 1.165) is 24.8 Å². The molecule has 0 bridgehead atoms. The predicted octanol–water partition coefficient (Wildman–Crippen LogP) is 4.04. The molecule has 112 valence electrons. The second-order valence-corrected chi connectivity index (χ2v) is 6.63. The number of benzene rings is 1. The van der Waals surface area contributed by atoms with Gasteiger partial charge in [0, 0.05) is 23.7 Å². The standard InChI is InChI=1S/C17H23N3S/c1-3-10-18-12-16-13(2)19-17(21-16)20-11-6-8-14-7-4-5-9-15(14)20/h4-5,7,9,18H,3,6,8,10-12H2,1-2H3. The highest BCUT2D eigenvalue weighted by Crippen LogP contribution is 2.36. The van der Waals surface area contributed by atoms with Crippen LogP contribution in [0.3, 0.4) is 0 Å². The van der Waals surface area contributed by atoms with Crippen molar-refractivity contribution in [2.45, 2.75) is 39.7 Å². The van der Waals surface area contributed by atoms with Gasteiger partial charge >= 0.3 is 0 Å². The molecule has 1 aliphatic rings. The summed E-state index contributed by atoms with van der Waals surface area (Å²) in [5.74, 6) is 0. The molecule has 1 aliphatic heterocycles. The number of hydrogen-bond acceptors (Lipinski definition) is 4. The highest BCUT2D eigenvalue weighted by Gasteiger charge is 2.21. The van der Waals surface area contributed by atoms with Gasteiger partial charge in [0.2, 0.25) is 0 Å². The Labute approximate surface area is 131 Å². The van der Waals surface area contributed by atoms with Crippen LogP contribution in [0.1, 0.15) is 35.9 Å².